The molecule has 3 rings (SSSR count). The molecule has 0 unspecified atom stereocenters. The van der Waals surface area contributed by atoms with Crippen molar-refractivity contribution in [3.8, 4) is 0 Å². The van der Waals surface area contributed by atoms with Crippen LogP contribution in [0.2, 0.25) is 0 Å². The highest BCUT2D eigenvalue weighted by molar-refractivity contribution is 6.03. The molecule has 9 heteroatoms. The molecular weight excluding hydrogens is 366 g/mol. The molecule has 0 aromatic heterocycles. The van der Waals surface area contributed by atoms with E-state index in [0.29, 0.717) is 16.9 Å². The van der Waals surface area contributed by atoms with Crippen molar-refractivity contribution >= 4 is 34.8 Å². The number of aryl methyl sites for hydroxylation is 1. The van der Waals surface area contributed by atoms with Crippen molar-refractivity contribution < 1.29 is 24.4 Å². The molecule has 0 bridgehead atoms. The molecule has 1 fully saturated rings. The topological polar surface area (TPSA) is 130 Å². The smallest absolute Gasteiger partial charge is 0.335 e. The van der Waals surface area contributed by atoms with Gasteiger partial charge in [-0.15, -0.1) is 0 Å². The zero-order valence-corrected chi connectivity index (χ0v) is 14.9. The van der Waals surface area contributed by atoms with Crippen molar-refractivity contribution in [3.63, 3.8) is 0 Å². The number of hydrogen-bond donors (Lipinski definition) is 2. The zero-order valence-electron chi connectivity index (χ0n) is 14.9. The van der Waals surface area contributed by atoms with Gasteiger partial charge in [0.05, 0.1) is 22.1 Å². The Bertz CT molecular complexity index is 970. The number of aromatic carboxylic acids is 1. The zero-order chi connectivity index (χ0) is 20.4. The molecule has 2 N–H and O–H groups in total. The molecule has 1 aliphatic rings. The summed E-state index contributed by atoms with van der Waals surface area (Å²) in [5.74, 6) is -2.35. The van der Waals surface area contributed by atoms with Crippen LogP contribution in [0.5, 0.6) is 0 Å². The highest BCUT2D eigenvalue weighted by Crippen LogP contribution is 2.30. The second-order valence-corrected chi connectivity index (χ2v) is 6.51. The third kappa shape index (κ3) is 3.83. The Hall–Kier alpha value is -3.75. The van der Waals surface area contributed by atoms with E-state index in [-0.39, 0.29) is 36.0 Å². The van der Waals surface area contributed by atoms with Gasteiger partial charge in [-0.2, -0.15) is 0 Å². The summed E-state index contributed by atoms with van der Waals surface area (Å²) in [5.41, 5.74) is 1.30. The molecule has 2 amide bonds. The molecule has 0 spiro atoms. The van der Waals surface area contributed by atoms with Crippen molar-refractivity contribution in [3.05, 3.63) is 63.7 Å². The van der Waals surface area contributed by atoms with Crippen LogP contribution in [0.3, 0.4) is 0 Å². The van der Waals surface area contributed by atoms with Crippen LogP contribution in [0.4, 0.5) is 17.1 Å². The predicted molar refractivity (Wildman–Crippen MR) is 100 cm³/mol. The summed E-state index contributed by atoms with van der Waals surface area (Å²) in [6.07, 6.45) is -0.0132. The van der Waals surface area contributed by atoms with E-state index in [9.17, 15) is 24.5 Å². The molecule has 9 nitrogen and oxygen atoms in total. The van der Waals surface area contributed by atoms with E-state index < -0.39 is 16.8 Å². The average molecular weight is 383 g/mol. The van der Waals surface area contributed by atoms with Gasteiger partial charge in [0.25, 0.3) is 5.69 Å². The van der Waals surface area contributed by atoms with Gasteiger partial charge in [0.1, 0.15) is 0 Å². The Morgan fingerprint density at radius 3 is 2.50 bits per heavy atom. The summed E-state index contributed by atoms with van der Waals surface area (Å²) < 4.78 is 0. The number of carbonyl (C=O) groups excluding carboxylic acids is 2. The molecule has 0 saturated carbocycles. The first-order valence-electron chi connectivity index (χ1n) is 8.46. The van der Waals surface area contributed by atoms with Gasteiger partial charge < -0.3 is 15.3 Å². The van der Waals surface area contributed by atoms with Crippen LogP contribution in [-0.2, 0) is 9.59 Å². The lowest BCUT2D eigenvalue weighted by Crippen LogP contribution is -2.28. The number of nitro groups is 1. The Balaban J connectivity index is 1.71. The number of benzene rings is 2. The van der Waals surface area contributed by atoms with E-state index in [1.165, 1.54) is 35.2 Å². The first-order valence-corrected chi connectivity index (χ1v) is 8.46. The number of carbonyl (C=O) groups is 3. The quantitative estimate of drug-likeness (QED) is 0.603. The van der Waals surface area contributed by atoms with Gasteiger partial charge >= 0.3 is 5.97 Å². The largest absolute Gasteiger partial charge is 0.478 e. The fraction of sp³-hybridized carbons (Fsp3) is 0.211. The number of carboxylic acids is 1. The molecule has 1 aliphatic heterocycles. The summed E-state index contributed by atoms with van der Waals surface area (Å²) in [5, 5.41) is 22.7. The molecule has 2 aromatic carbocycles. The van der Waals surface area contributed by atoms with E-state index in [1.54, 1.807) is 19.1 Å². The highest BCUT2D eigenvalue weighted by atomic mass is 16.6. The van der Waals surface area contributed by atoms with E-state index >= 15 is 0 Å². The van der Waals surface area contributed by atoms with Crippen LogP contribution in [0.15, 0.2) is 42.5 Å². The van der Waals surface area contributed by atoms with Crippen molar-refractivity contribution in [1.82, 2.24) is 0 Å². The number of amides is 2. The van der Waals surface area contributed by atoms with Gasteiger partial charge in [-0.3, -0.25) is 19.7 Å². The number of carboxylic acid groups (broad SMARTS) is 1. The van der Waals surface area contributed by atoms with Crippen LogP contribution in [0.1, 0.15) is 22.3 Å². The molecule has 1 heterocycles. The SMILES string of the molecule is Cc1ccc(N2C[C@@H](C(=O)Nc3ccc(C(=O)O)cc3)CC2=O)cc1[N+](=O)[O-]. The average Bonchev–Trinajstić information content (AvgIpc) is 3.04. The van der Waals surface area contributed by atoms with E-state index in [2.05, 4.69) is 5.32 Å². The first kappa shape index (κ1) is 19.0. The van der Waals surface area contributed by atoms with E-state index in [0.717, 1.165) is 0 Å². The van der Waals surface area contributed by atoms with Crippen molar-refractivity contribution in [1.29, 1.82) is 0 Å². The Labute approximate surface area is 159 Å². The van der Waals surface area contributed by atoms with Gasteiger partial charge in [0, 0.05) is 30.3 Å². The lowest BCUT2D eigenvalue weighted by Gasteiger charge is -2.17. The molecular formula is C19H17N3O6. The maximum atomic E-state index is 12.5. The summed E-state index contributed by atoms with van der Waals surface area (Å²) in [6.45, 7) is 1.72. The molecule has 1 atom stereocenters. The minimum Gasteiger partial charge on any atom is -0.478 e. The van der Waals surface area contributed by atoms with Crippen molar-refractivity contribution in [2.75, 3.05) is 16.8 Å². The van der Waals surface area contributed by atoms with E-state index in [4.69, 9.17) is 5.11 Å². The Morgan fingerprint density at radius 1 is 1.21 bits per heavy atom. The molecule has 1 saturated heterocycles. The lowest BCUT2D eigenvalue weighted by molar-refractivity contribution is -0.385. The standard InChI is InChI=1S/C19H17N3O6/c1-11-2-7-15(9-16(11)22(27)28)21-10-13(8-17(21)23)18(24)20-14-5-3-12(4-6-14)19(25)26/h2-7,9,13H,8,10H2,1H3,(H,20,24)(H,25,26)/t13-/m0/s1. The molecule has 144 valence electrons. The van der Waals surface area contributed by atoms with Crippen LogP contribution in [0.25, 0.3) is 0 Å². The summed E-state index contributed by atoms with van der Waals surface area (Å²) in [7, 11) is 0. The monoisotopic (exact) mass is 383 g/mol. The number of nitrogens with one attached hydrogen (secondary N) is 1. The van der Waals surface area contributed by atoms with Gasteiger partial charge in [0.15, 0.2) is 0 Å². The van der Waals surface area contributed by atoms with Gasteiger partial charge in [0.2, 0.25) is 11.8 Å². The molecule has 28 heavy (non-hydrogen) atoms. The minimum absolute atomic E-state index is 0.0132. The second-order valence-electron chi connectivity index (χ2n) is 6.51. The van der Waals surface area contributed by atoms with Crippen molar-refractivity contribution in [2.24, 2.45) is 5.92 Å². The minimum atomic E-state index is -1.07. The van der Waals surface area contributed by atoms with Crippen LogP contribution >= 0.6 is 0 Å². The summed E-state index contributed by atoms with van der Waals surface area (Å²) in [4.78, 5) is 47.6. The number of anilines is 2. The summed E-state index contributed by atoms with van der Waals surface area (Å²) in [6, 6.07) is 10.2. The predicted octanol–water partition coefficient (Wildman–Crippen LogP) is 2.59. The Morgan fingerprint density at radius 2 is 1.89 bits per heavy atom. The number of nitrogens with zero attached hydrogens (tertiary/aromatic N) is 2. The molecule has 0 aliphatic carbocycles. The highest BCUT2D eigenvalue weighted by Gasteiger charge is 2.35. The number of nitro benzene ring substituents is 1. The third-order valence-electron chi connectivity index (χ3n) is 4.60. The van der Waals surface area contributed by atoms with Crippen LogP contribution in [0, 0.1) is 23.0 Å². The van der Waals surface area contributed by atoms with Crippen LogP contribution < -0.4 is 10.2 Å². The van der Waals surface area contributed by atoms with Gasteiger partial charge in [-0.05, 0) is 37.3 Å². The van der Waals surface area contributed by atoms with Gasteiger partial charge in [-0.25, -0.2) is 4.79 Å². The number of rotatable bonds is 5. The van der Waals surface area contributed by atoms with Crippen LogP contribution in [-0.4, -0.2) is 34.4 Å². The molecule has 2 aromatic rings. The fourth-order valence-electron chi connectivity index (χ4n) is 3.04. The third-order valence-corrected chi connectivity index (χ3v) is 4.60. The van der Waals surface area contributed by atoms with E-state index in [1.807, 2.05) is 0 Å². The second kappa shape index (κ2) is 7.47. The van der Waals surface area contributed by atoms with Gasteiger partial charge in [-0.1, -0.05) is 6.07 Å². The first-order chi connectivity index (χ1) is 13.3. The fourth-order valence-corrected chi connectivity index (χ4v) is 3.04. The molecule has 0 radical (unpaired) electrons. The lowest BCUT2D eigenvalue weighted by atomic mass is 10.1. The number of hydrogen-bond acceptors (Lipinski definition) is 5. The Kier molecular flexibility index (Phi) is 5.08. The maximum absolute atomic E-state index is 12.5. The normalized spacial score (nSPS) is 16.1. The summed E-state index contributed by atoms with van der Waals surface area (Å²) >= 11 is 0. The maximum Gasteiger partial charge on any atom is 0.335 e. The van der Waals surface area contributed by atoms with Crippen molar-refractivity contribution in [2.45, 2.75) is 13.3 Å².